The van der Waals surface area contributed by atoms with E-state index in [1.807, 2.05) is 0 Å². The number of esters is 1. The van der Waals surface area contributed by atoms with Crippen LogP contribution in [0.15, 0.2) is 12.2 Å². The highest BCUT2D eigenvalue weighted by Gasteiger charge is 2.18. The third kappa shape index (κ3) is 7.33. The van der Waals surface area contributed by atoms with Crippen molar-refractivity contribution >= 4 is 5.97 Å². The van der Waals surface area contributed by atoms with Gasteiger partial charge in [-0.3, -0.25) is 0 Å². The first-order valence-corrected chi connectivity index (χ1v) is 7.29. The normalized spacial score (nSPS) is 21.5. The summed E-state index contributed by atoms with van der Waals surface area (Å²) in [6.45, 7) is 2.94. The molecule has 0 saturated carbocycles. The van der Waals surface area contributed by atoms with E-state index in [2.05, 4.69) is 11.7 Å². The lowest BCUT2D eigenvalue weighted by molar-refractivity contribution is -0.179. The maximum atomic E-state index is 11.1. The van der Waals surface area contributed by atoms with Crippen molar-refractivity contribution in [3.63, 3.8) is 0 Å². The molecule has 4 nitrogen and oxygen atoms in total. The van der Waals surface area contributed by atoms with Crippen LogP contribution >= 0.6 is 0 Å². The van der Waals surface area contributed by atoms with Gasteiger partial charge >= 0.3 is 5.97 Å². The average Bonchev–Trinajstić information content (AvgIpc) is 2.45. The second kappa shape index (κ2) is 9.98. The van der Waals surface area contributed by atoms with Gasteiger partial charge in [-0.15, -0.1) is 0 Å². The van der Waals surface area contributed by atoms with Crippen molar-refractivity contribution in [2.24, 2.45) is 0 Å². The van der Waals surface area contributed by atoms with Crippen molar-refractivity contribution < 1.29 is 19.0 Å². The third-order valence-electron chi connectivity index (χ3n) is 3.20. The number of carbonyl (C=O) groups is 1. The van der Waals surface area contributed by atoms with Crippen LogP contribution in [0.2, 0.25) is 0 Å². The van der Waals surface area contributed by atoms with Crippen LogP contribution < -0.4 is 0 Å². The second-order valence-electron chi connectivity index (χ2n) is 4.85. The number of carbonyl (C=O) groups excluding carboxylic acids is 1. The number of ether oxygens (including phenoxy) is 3. The van der Waals surface area contributed by atoms with Gasteiger partial charge in [-0.2, -0.15) is 0 Å². The molecular formula is C15H26O4. The van der Waals surface area contributed by atoms with Crippen molar-refractivity contribution in [2.45, 2.75) is 64.3 Å². The highest BCUT2D eigenvalue weighted by Crippen LogP contribution is 2.18. The van der Waals surface area contributed by atoms with E-state index in [4.69, 9.17) is 9.47 Å². The van der Waals surface area contributed by atoms with Crippen LogP contribution in [0.3, 0.4) is 0 Å². The molecule has 0 bridgehead atoms. The molecule has 0 aromatic heterocycles. The number of hydrogen-bond acceptors (Lipinski definition) is 4. The third-order valence-corrected chi connectivity index (χ3v) is 3.20. The quantitative estimate of drug-likeness (QED) is 0.386. The number of hydrogen-bond donors (Lipinski definition) is 0. The van der Waals surface area contributed by atoms with Crippen molar-refractivity contribution in [2.75, 3.05) is 13.7 Å². The minimum atomic E-state index is -0.339. The minimum Gasteiger partial charge on any atom is -0.466 e. The smallest absolute Gasteiger partial charge is 0.330 e. The summed E-state index contributed by atoms with van der Waals surface area (Å²) in [6, 6.07) is 0. The van der Waals surface area contributed by atoms with E-state index in [0.29, 0.717) is 0 Å². The molecular weight excluding hydrogens is 244 g/mol. The zero-order valence-corrected chi connectivity index (χ0v) is 12.1. The summed E-state index contributed by atoms with van der Waals surface area (Å²) >= 11 is 0. The molecule has 1 saturated heterocycles. The first-order chi connectivity index (χ1) is 9.26. The Labute approximate surface area is 116 Å². The van der Waals surface area contributed by atoms with Crippen molar-refractivity contribution in [3.05, 3.63) is 12.2 Å². The van der Waals surface area contributed by atoms with E-state index >= 15 is 0 Å². The van der Waals surface area contributed by atoms with E-state index in [1.165, 1.54) is 26.0 Å². The Kier molecular flexibility index (Phi) is 8.50. The Bertz CT molecular complexity index is 269. The highest BCUT2D eigenvalue weighted by molar-refractivity contribution is 5.81. The molecule has 0 aromatic carbocycles. The van der Waals surface area contributed by atoms with Gasteiger partial charge in [0.1, 0.15) is 0 Å². The van der Waals surface area contributed by atoms with Crippen LogP contribution in [0.4, 0.5) is 0 Å². The molecule has 0 aromatic rings. The van der Waals surface area contributed by atoms with Gasteiger partial charge in [-0.05, 0) is 31.8 Å². The summed E-state index contributed by atoms with van der Waals surface area (Å²) < 4.78 is 16.1. The molecule has 4 heteroatoms. The molecule has 2 unspecified atom stereocenters. The first-order valence-electron chi connectivity index (χ1n) is 7.29. The fourth-order valence-electron chi connectivity index (χ4n) is 2.07. The second-order valence-corrected chi connectivity index (χ2v) is 4.85. The number of unbranched alkanes of at least 4 members (excludes halogenated alkanes) is 2. The van der Waals surface area contributed by atoms with Gasteiger partial charge in [0.2, 0.25) is 0 Å². The van der Waals surface area contributed by atoms with Crippen molar-refractivity contribution in [3.8, 4) is 0 Å². The van der Waals surface area contributed by atoms with E-state index in [1.54, 1.807) is 6.08 Å². The standard InChI is InChI=1S/C15H26O4/c1-3-4-5-8-13(10-11-14(16)17-2)19-15-9-6-7-12-18-15/h10-11,13,15H,3-9,12H2,1-2H3/b11-10+. The molecule has 1 fully saturated rings. The monoisotopic (exact) mass is 270 g/mol. The molecule has 0 spiro atoms. The Morgan fingerprint density at radius 1 is 1.42 bits per heavy atom. The molecule has 0 N–H and O–H groups in total. The minimum absolute atomic E-state index is 0.0613. The summed E-state index contributed by atoms with van der Waals surface area (Å²) in [7, 11) is 1.38. The molecule has 1 aliphatic rings. The molecule has 19 heavy (non-hydrogen) atoms. The first kappa shape index (κ1) is 16.2. The van der Waals surface area contributed by atoms with Gasteiger partial charge in [0.05, 0.1) is 13.2 Å². The van der Waals surface area contributed by atoms with Gasteiger partial charge in [0.25, 0.3) is 0 Å². The zero-order valence-electron chi connectivity index (χ0n) is 12.1. The highest BCUT2D eigenvalue weighted by atomic mass is 16.7. The van der Waals surface area contributed by atoms with E-state index < -0.39 is 0 Å². The molecule has 1 rings (SSSR count). The lowest BCUT2D eigenvalue weighted by atomic mass is 10.1. The predicted molar refractivity (Wildman–Crippen MR) is 73.8 cm³/mol. The number of rotatable bonds is 8. The maximum Gasteiger partial charge on any atom is 0.330 e. The summed E-state index contributed by atoms with van der Waals surface area (Å²) in [5.41, 5.74) is 0. The molecule has 0 aliphatic carbocycles. The Morgan fingerprint density at radius 2 is 2.26 bits per heavy atom. The molecule has 2 atom stereocenters. The summed E-state index contributed by atoms with van der Waals surface area (Å²) in [4.78, 5) is 11.1. The molecule has 1 heterocycles. The largest absolute Gasteiger partial charge is 0.466 e. The Morgan fingerprint density at radius 3 is 2.89 bits per heavy atom. The molecule has 0 radical (unpaired) electrons. The lowest BCUT2D eigenvalue weighted by Gasteiger charge is -2.26. The predicted octanol–water partition coefficient (Wildman–Crippen LogP) is 3.21. The van der Waals surface area contributed by atoms with Crippen LogP contribution in [0.1, 0.15) is 51.9 Å². The molecule has 1 aliphatic heterocycles. The van der Waals surface area contributed by atoms with Crippen LogP contribution in [-0.2, 0) is 19.0 Å². The van der Waals surface area contributed by atoms with Gasteiger partial charge in [-0.1, -0.05) is 26.2 Å². The van der Waals surface area contributed by atoms with Crippen LogP contribution in [0.25, 0.3) is 0 Å². The van der Waals surface area contributed by atoms with Gasteiger partial charge in [0, 0.05) is 12.7 Å². The average molecular weight is 270 g/mol. The molecule has 0 amide bonds. The van der Waals surface area contributed by atoms with Gasteiger partial charge in [-0.25, -0.2) is 4.79 Å². The van der Waals surface area contributed by atoms with E-state index in [9.17, 15) is 4.79 Å². The SMILES string of the molecule is CCCCCC(/C=C/C(=O)OC)OC1CCCCO1. The van der Waals surface area contributed by atoms with E-state index in [0.717, 1.165) is 38.7 Å². The van der Waals surface area contributed by atoms with Crippen LogP contribution in [0.5, 0.6) is 0 Å². The summed E-state index contributed by atoms with van der Waals surface area (Å²) in [6.07, 6.45) is 10.6. The van der Waals surface area contributed by atoms with Crippen molar-refractivity contribution in [1.82, 2.24) is 0 Å². The van der Waals surface area contributed by atoms with Crippen LogP contribution in [-0.4, -0.2) is 32.1 Å². The van der Waals surface area contributed by atoms with Gasteiger partial charge in [0.15, 0.2) is 6.29 Å². The maximum absolute atomic E-state index is 11.1. The lowest BCUT2D eigenvalue weighted by Crippen LogP contribution is -2.27. The zero-order chi connectivity index (χ0) is 13.9. The van der Waals surface area contributed by atoms with Gasteiger partial charge < -0.3 is 14.2 Å². The summed E-state index contributed by atoms with van der Waals surface area (Å²) in [5.74, 6) is -0.339. The molecule has 110 valence electrons. The number of methoxy groups -OCH3 is 1. The fraction of sp³-hybridized carbons (Fsp3) is 0.800. The summed E-state index contributed by atoms with van der Waals surface area (Å²) in [5, 5.41) is 0. The van der Waals surface area contributed by atoms with E-state index in [-0.39, 0.29) is 18.4 Å². The fourth-order valence-corrected chi connectivity index (χ4v) is 2.07. The van der Waals surface area contributed by atoms with Crippen molar-refractivity contribution in [1.29, 1.82) is 0 Å². The Hall–Kier alpha value is -0.870. The topological polar surface area (TPSA) is 44.8 Å². The Balaban J connectivity index is 2.42. The van der Waals surface area contributed by atoms with Crippen LogP contribution in [0, 0.1) is 0 Å².